The summed E-state index contributed by atoms with van der Waals surface area (Å²) in [5.41, 5.74) is 0.158. The smallest absolute Gasteiger partial charge is 0.256 e. The van der Waals surface area contributed by atoms with E-state index in [1.54, 1.807) is 12.1 Å². The zero-order chi connectivity index (χ0) is 13.5. The van der Waals surface area contributed by atoms with Crippen molar-refractivity contribution >= 4 is 5.91 Å². The molecule has 0 aliphatic heterocycles. The second-order valence-corrected chi connectivity index (χ2v) is 3.84. The highest BCUT2D eigenvalue weighted by molar-refractivity contribution is 5.98. The summed E-state index contributed by atoms with van der Waals surface area (Å²) in [6.07, 6.45) is 6.90. The van der Waals surface area contributed by atoms with Crippen LogP contribution in [0.4, 0.5) is 0 Å². The Morgan fingerprint density at radius 3 is 2.89 bits per heavy atom. The molecule has 1 atom stereocenters. The first-order valence-corrected chi connectivity index (χ1v) is 5.77. The van der Waals surface area contributed by atoms with Crippen LogP contribution in [0.5, 0.6) is 11.5 Å². The Kier molecular flexibility index (Phi) is 5.06. The van der Waals surface area contributed by atoms with Crippen LogP contribution in [0.2, 0.25) is 0 Å². The highest BCUT2D eigenvalue weighted by Gasteiger charge is 2.16. The molecule has 0 spiro atoms. The molecule has 4 nitrogen and oxygen atoms in total. The second-order valence-electron chi connectivity index (χ2n) is 3.84. The number of rotatable bonds is 5. The summed E-state index contributed by atoms with van der Waals surface area (Å²) in [6.45, 7) is 1.99. The lowest BCUT2D eigenvalue weighted by Crippen LogP contribution is -2.33. The van der Waals surface area contributed by atoms with Gasteiger partial charge in [-0.2, -0.15) is 0 Å². The van der Waals surface area contributed by atoms with E-state index in [0.29, 0.717) is 6.42 Å². The molecule has 0 aromatic heterocycles. The maximum atomic E-state index is 12.0. The lowest BCUT2D eigenvalue weighted by atomic mass is 10.1. The SMILES string of the molecule is C#CC(CCC)NC(=O)c1cccc(OC)c1O. The summed E-state index contributed by atoms with van der Waals surface area (Å²) >= 11 is 0. The molecule has 4 heteroatoms. The second kappa shape index (κ2) is 6.55. The summed E-state index contributed by atoms with van der Waals surface area (Å²) < 4.78 is 4.94. The molecule has 1 amide bonds. The van der Waals surface area contributed by atoms with Crippen molar-refractivity contribution < 1.29 is 14.6 Å². The van der Waals surface area contributed by atoms with E-state index in [9.17, 15) is 9.90 Å². The maximum absolute atomic E-state index is 12.0. The first-order chi connectivity index (χ1) is 8.63. The van der Waals surface area contributed by atoms with Crippen LogP contribution in [0.15, 0.2) is 18.2 Å². The average molecular weight is 247 g/mol. The zero-order valence-electron chi connectivity index (χ0n) is 10.6. The fraction of sp³-hybridized carbons (Fsp3) is 0.357. The van der Waals surface area contributed by atoms with Crippen LogP contribution in [0.3, 0.4) is 0 Å². The van der Waals surface area contributed by atoms with Crippen molar-refractivity contribution in [2.24, 2.45) is 0 Å². The van der Waals surface area contributed by atoms with Gasteiger partial charge in [0, 0.05) is 0 Å². The first kappa shape index (κ1) is 13.9. The maximum Gasteiger partial charge on any atom is 0.256 e. The largest absolute Gasteiger partial charge is 0.504 e. The van der Waals surface area contributed by atoms with Gasteiger partial charge < -0.3 is 15.2 Å². The number of amides is 1. The molecule has 0 aliphatic carbocycles. The van der Waals surface area contributed by atoms with Crippen LogP contribution in [-0.2, 0) is 0 Å². The Balaban J connectivity index is 2.88. The Morgan fingerprint density at radius 2 is 2.33 bits per heavy atom. The van der Waals surface area contributed by atoms with E-state index >= 15 is 0 Å². The van der Waals surface area contributed by atoms with E-state index in [4.69, 9.17) is 11.2 Å². The minimum atomic E-state index is -0.400. The van der Waals surface area contributed by atoms with Gasteiger partial charge in [0.1, 0.15) is 0 Å². The van der Waals surface area contributed by atoms with Gasteiger partial charge in [0.25, 0.3) is 5.91 Å². The summed E-state index contributed by atoms with van der Waals surface area (Å²) in [5, 5.41) is 12.5. The number of ether oxygens (including phenoxy) is 1. The standard InChI is InChI=1S/C14H17NO3/c1-4-7-10(5-2)15-14(17)11-8-6-9-12(18-3)13(11)16/h2,6,8-10,16H,4,7H2,1,3H3,(H,15,17). The summed E-state index contributed by atoms with van der Waals surface area (Å²) in [4.78, 5) is 12.0. The molecule has 0 bridgehead atoms. The Hall–Kier alpha value is -2.15. The van der Waals surface area contributed by atoms with Gasteiger partial charge in [-0.3, -0.25) is 4.79 Å². The van der Waals surface area contributed by atoms with Crippen molar-refractivity contribution in [2.45, 2.75) is 25.8 Å². The molecular formula is C14H17NO3. The molecule has 1 unspecified atom stereocenters. The van der Waals surface area contributed by atoms with E-state index in [-0.39, 0.29) is 23.1 Å². The van der Waals surface area contributed by atoms with Gasteiger partial charge in [-0.15, -0.1) is 6.42 Å². The lowest BCUT2D eigenvalue weighted by Gasteiger charge is -2.13. The van der Waals surface area contributed by atoms with Crippen LogP contribution in [-0.4, -0.2) is 24.2 Å². The van der Waals surface area contributed by atoms with E-state index in [1.165, 1.54) is 13.2 Å². The number of hydrogen-bond donors (Lipinski definition) is 2. The van der Waals surface area contributed by atoms with Gasteiger partial charge in [-0.05, 0) is 18.6 Å². The van der Waals surface area contributed by atoms with Crippen molar-refractivity contribution in [3.8, 4) is 23.8 Å². The van der Waals surface area contributed by atoms with Crippen LogP contribution < -0.4 is 10.1 Å². The predicted octanol–water partition coefficient (Wildman–Crippen LogP) is 1.93. The molecule has 0 radical (unpaired) electrons. The Labute approximate surface area is 107 Å². The van der Waals surface area contributed by atoms with Crippen molar-refractivity contribution in [2.75, 3.05) is 7.11 Å². The van der Waals surface area contributed by atoms with Crippen LogP contribution >= 0.6 is 0 Å². The van der Waals surface area contributed by atoms with E-state index in [0.717, 1.165) is 6.42 Å². The van der Waals surface area contributed by atoms with E-state index in [1.807, 2.05) is 6.92 Å². The van der Waals surface area contributed by atoms with Gasteiger partial charge in [-0.1, -0.05) is 25.3 Å². The topological polar surface area (TPSA) is 58.6 Å². The molecule has 1 aromatic carbocycles. The molecule has 96 valence electrons. The van der Waals surface area contributed by atoms with Gasteiger partial charge >= 0.3 is 0 Å². The number of para-hydroxylation sites is 1. The average Bonchev–Trinajstić information content (AvgIpc) is 2.38. The zero-order valence-corrected chi connectivity index (χ0v) is 10.6. The first-order valence-electron chi connectivity index (χ1n) is 5.77. The third-order valence-electron chi connectivity index (χ3n) is 2.55. The quantitative estimate of drug-likeness (QED) is 0.782. The lowest BCUT2D eigenvalue weighted by molar-refractivity contribution is 0.0941. The molecule has 18 heavy (non-hydrogen) atoms. The van der Waals surface area contributed by atoms with Crippen LogP contribution in [0, 0.1) is 12.3 Å². The minimum Gasteiger partial charge on any atom is -0.504 e. The molecule has 1 aromatic rings. The number of phenolic OH excluding ortho intramolecular Hbond substituents is 1. The number of hydrogen-bond acceptors (Lipinski definition) is 3. The molecule has 0 saturated carbocycles. The molecule has 0 aliphatic rings. The van der Waals surface area contributed by atoms with Gasteiger partial charge in [-0.25, -0.2) is 0 Å². The van der Waals surface area contributed by atoms with E-state index in [2.05, 4.69) is 11.2 Å². The number of nitrogens with one attached hydrogen (secondary N) is 1. The highest BCUT2D eigenvalue weighted by Crippen LogP contribution is 2.29. The molecule has 0 saturated heterocycles. The molecule has 0 heterocycles. The number of benzene rings is 1. The predicted molar refractivity (Wildman–Crippen MR) is 69.7 cm³/mol. The third kappa shape index (κ3) is 3.17. The summed E-state index contributed by atoms with van der Waals surface area (Å²) in [7, 11) is 1.43. The highest BCUT2D eigenvalue weighted by atomic mass is 16.5. The van der Waals surface area contributed by atoms with Gasteiger partial charge in [0.2, 0.25) is 0 Å². The van der Waals surface area contributed by atoms with Gasteiger partial charge in [0.15, 0.2) is 11.5 Å². The number of methoxy groups -OCH3 is 1. The van der Waals surface area contributed by atoms with Crippen molar-refractivity contribution in [3.63, 3.8) is 0 Å². The van der Waals surface area contributed by atoms with Crippen molar-refractivity contribution in [3.05, 3.63) is 23.8 Å². The van der Waals surface area contributed by atoms with Gasteiger partial charge in [0.05, 0.1) is 18.7 Å². The normalized spacial score (nSPS) is 11.4. The summed E-state index contributed by atoms with van der Waals surface area (Å²) in [6, 6.07) is 4.41. The fourth-order valence-electron chi connectivity index (χ4n) is 1.59. The molecule has 1 rings (SSSR count). The third-order valence-corrected chi connectivity index (χ3v) is 2.55. The Bertz CT molecular complexity index is 463. The number of carbonyl (C=O) groups is 1. The number of phenols is 1. The number of terminal acetylenes is 1. The Morgan fingerprint density at radius 1 is 1.61 bits per heavy atom. The van der Waals surface area contributed by atoms with E-state index < -0.39 is 5.91 Å². The number of aromatic hydroxyl groups is 1. The van der Waals surface area contributed by atoms with Crippen LogP contribution in [0.1, 0.15) is 30.1 Å². The van der Waals surface area contributed by atoms with Crippen LogP contribution in [0.25, 0.3) is 0 Å². The monoisotopic (exact) mass is 247 g/mol. The summed E-state index contributed by atoms with van der Waals surface area (Å²) in [5.74, 6) is 2.19. The molecule has 2 N–H and O–H groups in total. The fourth-order valence-corrected chi connectivity index (χ4v) is 1.59. The van der Waals surface area contributed by atoms with Crippen molar-refractivity contribution in [1.82, 2.24) is 5.32 Å². The van der Waals surface area contributed by atoms with Crippen molar-refractivity contribution in [1.29, 1.82) is 0 Å². The minimum absolute atomic E-state index is 0.158. The molecule has 0 fully saturated rings. The molecular weight excluding hydrogens is 230 g/mol. The number of carbonyl (C=O) groups excluding carboxylic acids is 1.